The second-order valence-corrected chi connectivity index (χ2v) is 5.46. The Morgan fingerprint density at radius 3 is 2.67 bits per heavy atom. The number of halogens is 1. The molecule has 1 nitrogen and oxygen atoms in total. The molecule has 1 heterocycles. The van der Waals surface area contributed by atoms with Gasteiger partial charge in [-0.2, -0.15) is 0 Å². The molecule has 0 spiro atoms. The third-order valence-corrected chi connectivity index (χ3v) is 4.26. The van der Waals surface area contributed by atoms with Crippen LogP contribution in [0, 0.1) is 0 Å². The molecule has 0 saturated carbocycles. The monoisotopic (exact) mass is 288 g/mol. The average Bonchev–Trinajstić information content (AvgIpc) is 2.64. The highest BCUT2D eigenvalue weighted by molar-refractivity contribution is 9.10. The summed E-state index contributed by atoms with van der Waals surface area (Å²) in [5.41, 5.74) is 0. The molecule has 0 amide bonds. The summed E-state index contributed by atoms with van der Waals surface area (Å²) < 4.78 is 0.950. The average molecular weight is 289 g/mol. The van der Waals surface area contributed by atoms with E-state index in [4.69, 9.17) is 0 Å². The number of hydrogen-bond acceptors (Lipinski definition) is 2. The normalized spacial score (nSPS) is 10.5. The summed E-state index contributed by atoms with van der Waals surface area (Å²) in [5.74, 6) is 0.286. The lowest BCUT2D eigenvalue weighted by Gasteiger charge is -1.99. The van der Waals surface area contributed by atoms with Crippen LogP contribution in [-0.4, -0.2) is 5.78 Å². The van der Waals surface area contributed by atoms with Gasteiger partial charge in [0.1, 0.15) is 0 Å². The van der Waals surface area contributed by atoms with Crippen molar-refractivity contribution < 1.29 is 4.79 Å². The van der Waals surface area contributed by atoms with Crippen LogP contribution in [0.15, 0.2) is 15.9 Å². The molecule has 0 unspecified atom stereocenters. The number of rotatable bonds is 7. The standard InChI is InChI=1S/C12H17BrOS/c1-2-3-4-5-6-7-11(14)12-10(13)8-9-15-12/h8-9H,2-7H2,1H3. The van der Waals surface area contributed by atoms with E-state index in [0.29, 0.717) is 6.42 Å². The molecule has 84 valence electrons. The molecule has 1 aromatic heterocycles. The quantitative estimate of drug-likeness (QED) is 0.507. The fraction of sp³-hybridized carbons (Fsp3) is 0.583. The summed E-state index contributed by atoms with van der Waals surface area (Å²) in [6.07, 6.45) is 6.71. The summed E-state index contributed by atoms with van der Waals surface area (Å²) in [4.78, 5) is 12.6. The largest absolute Gasteiger partial charge is 0.293 e. The summed E-state index contributed by atoms with van der Waals surface area (Å²) in [7, 11) is 0. The van der Waals surface area contributed by atoms with Crippen LogP contribution in [0.25, 0.3) is 0 Å². The van der Waals surface area contributed by atoms with Gasteiger partial charge in [-0.1, -0.05) is 32.6 Å². The lowest BCUT2D eigenvalue weighted by molar-refractivity contribution is 0.0982. The van der Waals surface area contributed by atoms with E-state index in [1.54, 1.807) is 0 Å². The van der Waals surface area contributed by atoms with Crippen molar-refractivity contribution in [2.45, 2.75) is 45.4 Å². The van der Waals surface area contributed by atoms with Crippen molar-refractivity contribution in [2.24, 2.45) is 0 Å². The zero-order chi connectivity index (χ0) is 11.1. The van der Waals surface area contributed by atoms with E-state index in [2.05, 4.69) is 22.9 Å². The van der Waals surface area contributed by atoms with Gasteiger partial charge in [0.15, 0.2) is 5.78 Å². The van der Waals surface area contributed by atoms with E-state index in [9.17, 15) is 4.79 Å². The highest BCUT2D eigenvalue weighted by Gasteiger charge is 2.10. The molecule has 3 heteroatoms. The topological polar surface area (TPSA) is 17.1 Å². The molecule has 15 heavy (non-hydrogen) atoms. The van der Waals surface area contributed by atoms with E-state index >= 15 is 0 Å². The van der Waals surface area contributed by atoms with Crippen LogP contribution < -0.4 is 0 Å². The highest BCUT2D eigenvalue weighted by atomic mass is 79.9. The van der Waals surface area contributed by atoms with Crippen molar-refractivity contribution in [2.75, 3.05) is 0 Å². The zero-order valence-corrected chi connectivity index (χ0v) is 11.5. The Bertz CT molecular complexity index is 306. The molecule has 0 saturated heterocycles. The maximum atomic E-state index is 11.7. The Morgan fingerprint density at radius 1 is 1.33 bits per heavy atom. The molecule has 0 fully saturated rings. The van der Waals surface area contributed by atoms with Crippen molar-refractivity contribution in [1.29, 1.82) is 0 Å². The van der Waals surface area contributed by atoms with Gasteiger partial charge in [0.25, 0.3) is 0 Å². The third-order valence-electron chi connectivity index (χ3n) is 2.38. The maximum Gasteiger partial charge on any atom is 0.173 e. The second-order valence-electron chi connectivity index (χ2n) is 3.69. The molecule has 1 rings (SSSR count). The first-order valence-corrected chi connectivity index (χ1v) is 7.19. The Morgan fingerprint density at radius 2 is 2.07 bits per heavy atom. The van der Waals surface area contributed by atoms with E-state index in [1.165, 1.54) is 37.0 Å². The summed E-state index contributed by atoms with van der Waals surface area (Å²) >= 11 is 4.92. The first-order chi connectivity index (χ1) is 7.25. The van der Waals surface area contributed by atoms with Gasteiger partial charge in [-0.05, 0) is 33.8 Å². The number of ketones is 1. The fourth-order valence-electron chi connectivity index (χ4n) is 1.50. The van der Waals surface area contributed by atoms with Gasteiger partial charge < -0.3 is 0 Å². The van der Waals surface area contributed by atoms with Gasteiger partial charge in [0.05, 0.1) is 4.88 Å². The number of thiophene rings is 1. The van der Waals surface area contributed by atoms with Crippen LogP contribution in [0.1, 0.15) is 55.1 Å². The first-order valence-electron chi connectivity index (χ1n) is 5.52. The van der Waals surface area contributed by atoms with Crippen LogP contribution in [0.5, 0.6) is 0 Å². The predicted molar refractivity (Wildman–Crippen MR) is 69.7 cm³/mol. The second kappa shape index (κ2) is 7.18. The van der Waals surface area contributed by atoms with Crippen LogP contribution in [-0.2, 0) is 0 Å². The van der Waals surface area contributed by atoms with Crippen LogP contribution in [0.3, 0.4) is 0 Å². The molecular weight excluding hydrogens is 272 g/mol. The molecule has 0 aliphatic rings. The molecule has 0 N–H and O–H groups in total. The molecule has 0 aromatic carbocycles. The van der Waals surface area contributed by atoms with Crippen molar-refractivity contribution >= 4 is 33.0 Å². The van der Waals surface area contributed by atoms with Gasteiger partial charge >= 0.3 is 0 Å². The Balaban J connectivity index is 2.22. The van der Waals surface area contributed by atoms with Gasteiger partial charge in [0, 0.05) is 10.9 Å². The van der Waals surface area contributed by atoms with E-state index in [-0.39, 0.29) is 5.78 Å². The lowest BCUT2D eigenvalue weighted by atomic mass is 10.1. The molecule has 0 aliphatic heterocycles. The molecular formula is C12H17BrOS. The molecule has 0 bridgehead atoms. The van der Waals surface area contributed by atoms with Gasteiger partial charge in [-0.15, -0.1) is 11.3 Å². The Labute approximate surface area is 104 Å². The molecule has 0 aliphatic carbocycles. The molecule has 0 radical (unpaired) electrons. The minimum absolute atomic E-state index is 0.286. The van der Waals surface area contributed by atoms with Crippen molar-refractivity contribution in [3.63, 3.8) is 0 Å². The smallest absolute Gasteiger partial charge is 0.173 e. The number of hydrogen-bond donors (Lipinski definition) is 0. The number of unbranched alkanes of at least 4 members (excludes halogenated alkanes) is 4. The van der Waals surface area contributed by atoms with Gasteiger partial charge in [-0.25, -0.2) is 0 Å². The minimum atomic E-state index is 0.286. The zero-order valence-electron chi connectivity index (χ0n) is 9.09. The summed E-state index contributed by atoms with van der Waals surface area (Å²) in [5, 5.41) is 1.95. The molecule has 1 aromatic rings. The number of carbonyl (C=O) groups excluding carboxylic acids is 1. The molecule has 0 atom stereocenters. The Hall–Kier alpha value is -0.150. The number of Topliss-reactive ketones (excluding diaryl/α,β-unsaturated/α-hetero) is 1. The third kappa shape index (κ3) is 4.47. The van der Waals surface area contributed by atoms with Crippen molar-refractivity contribution in [1.82, 2.24) is 0 Å². The van der Waals surface area contributed by atoms with E-state index < -0.39 is 0 Å². The predicted octanol–water partition coefficient (Wildman–Crippen LogP) is 5.05. The van der Waals surface area contributed by atoms with Gasteiger partial charge in [0.2, 0.25) is 0 Å². The minimum Gasteiger partial charge on any atom is -0.293 e. The lowest BCUT2D eigenvalue weighted by Crippen LogP contribution is -1.96. The Kier molecular flexibility index (Phi) is 6.18. The van der Waals surface area contributed by atoms with Gasteiger partial charge in [-0.3, -0.25) is 4.79 Å². The van der Waals surface area contributed by atoms with Crippen LogP contribution >= 0.6 is 27.3 Å². The van der Waals surface area contributed by atoms with Crippen LogP contribution in [0.4, 0.5) is 0 Å². The van der Waals surface area contributed by atoms with Crippen molar-refractivity contribution in [3.8, 4) is 0 Å². The van der Waals surface area contributed by atoms with Crippen molar-refractivity contribution in [3.05, 3.63) is 20.8 Å². The van der Waals surface area contributed by atoms with E-state index in [1.807, 2.05) is 11.4 Å². The SMILES string of the molecule is CCCCCCCC(=O)c1sccc1Br. The highest BCUT2D eigenvalue weighted by Crippen LogP contribution is 2.24. The summed E-state index contributed by atoms with van der Waals surface area (Å²) in [6.45, 7) is 2.20. The number of carbonyl (C=O) groups is 1. The summed E-state index contributed by atoms with van der Waals surface area (Å²) in [6, 6.07) is 1.94. The van der Waals surface area contributed by atoms with E-state index in [0.717, 1.165) is 15.8 Å². The maximum absolute atomic E-state index is 11.7. The van der Waals surface area contributed by atoms with Crippen LogP contribution in [0.2, 0.25) is 0 Å². The fourth-order valence-corrected chi connectivity index (χ4v) is 3.06. The first kappa shape index (κ1) is 12.9.